The second kappa shape index (κ2) is 3.64. The van der Waals surface area contributed by atoms with Gasteiger partial charge in [0.2, 0.25) is 0 Å². The molecule has 1 N–H and O–H groups in total. The minimum Gasteiger partial charge on any atom is -0.392 e. The van der Waals surface area contributed by atoms with Crippen molar-refractivity contribution in [2.75, 3.05) is 6.61 Å². The number of aliphatic hydroxyl groups is 1. The first-order valence-corrected chi connectivity index (χ1v) is 4.98. The third-order valence-electron chi connectivity index (χ3n) is 1.41. The third-order valence-corrected chi connectivity index (χ3v) is 3.70. The lowest BCUT2D eigenvalue weighted by Crippen LogP contribution is -2.24. The van der Waals surface area contributed by atoms with Crippen molar-refractivity contribution >= 4 is 45.8 Å². The highest BCUT2D eigenvalue weighted by molar-refractivity contribution is 14.1. The van der Waals surface area contributed by atoms with E-state index in [0.29, 0.717) is 0 Å². The van der Waals surface area contributed by atoms with E-state index in [9.17, 15) is 0 Å². The van der Waals surface area contributed by atoms with E-state index in [0.717, 1.165) is 5.57 Å². The van der Waals surface area contributed by atoms with E-state index >= 15 is 0 Å². The molecule has 0 aliphatic heterocycles. The molecule has 1 rings (SSSR count). The minimum absolute atomic E-state index is 0.0115. The van der Waals surface area contributed by atoms with Crippen LogP contribution in [0.25, 0.3) is 0 Å². The van der Waals surface area contributed by atoms with Crippen LogP contribution in [0.15, 0.2) is 23.8 Å². The van der Waals surface area contributed by atoms with Crippen LogP contribution >= 0.6 is 45.8 Å². The van der Waals surface area contributed by atoms with Crippen molar-refractivity contribution in [2.45, 2.75) is 8.26 Å². The van der Waals surface area contributed by atoms with Gasteiger partial charge in [0, 0.05) is 0 Å². The average molecular weight is 305 g/mol. The smallest absolute Gasteiger partial charge is 0.134 e. The van der Waals surface area contributed by atoms with Gasteiger partial charge in [0.1, 0.15) is 2.88 Å². The monoisotopic (exact) mass is 304 g/mol. The van der Waals surface area contributed by atoms with E-state index < -0.39 is 2.88 Å². The summed E-state index contributed by atoms with van der Waals surface area (Å²) in [6.07, 6.45) is 5.34. The Bertz CT molecular complexity index is 210. The number of alkyl halides is 3. The van der Waals surface area contributed by atoms with Crippen LogP contribution in [0, 0.1) is 0 Å². The lowest BCUT2D eigenvalue weighted by molar-refractivity contribution is 0.334. The summed E-state index contributed by atoms with van der Waals surface area (Å²) in [6, 6.07) is 0. The predicted molar refractivity (Wildman–Crippen MR) is 56.6 cm³/mol. The van der Waals surface area contributed by atoms with Gasteiger partial charge >= 0.3 is 0 Å². The standard InChI is InChI=1S/C7H7Cl2IO/c8-6-2-1-5(4-11)3-7(6,9)10/h1-3,6,11H,4H2/t6?,7-/m0/s1. The molecule has 0 aromatic rings. The molecule has 62 valence electrons. The van der Waals surface area contributed by atoms with Crippen molar-refractivity contribution in [3.05, 3.63) is 23.8 Å². The SMILES string of the molecule is OCC1=C[C@](Cl)(I)C(Cl)C=C1. The molecule has 0 bridgehead atoms. The summed E-state index contributed by atoms with van der Waals surface area (Å²) in [4.78, 5) is 0. The second-order valence-corrected chi connectivity index (χ2v) is 5.83. The fourth-order valence-electron chi connectivity index (χ4n) is 0.810. The number of allylic oxidation sites excluding steroid dienone is 2. The molecule has 11 heavy (non-hydrogen) atoms. The molecule has 0 heterocycles. The van der Waals surface area contributed by atoms with Gasteiger partial charge in [0.05, 0.1) is 12.0 Å². The van der Waals surface area contributed by atoms with Gasteiger partial charge in [-0.2, -0.15) is 0 Å². The maximum atomic E-state index is 8.78. The zero-order chi connectivity index (χ0) is 8.48. The molecule has 0 spiro atoms. The van der Waals surface area contributed by atoms with Crippen molar-refractivity contribution < 1.29 is 5.11 Å². The molecule has 1 aliphatic carbocycles. The van der Waals surface area contributed by atoms with Crippen molar-refractivity contribution in [1.29, 1.82) is 0 Å². The Labute approximate surface area is 89.2 Å². The summed E-state index contributed by atoms with van der Waals surface area (Å²) in [7, 11) is 0. The van der Waals surface area contributed by atoms with Gasteiger partial charge in [-0.3, -0.25) is 0 Å². The number of aliphatic hydroxyl groups excluding tert-OH is 1. The maximum absolute atomic E-state index is 8.78. The zero-order valence-corrected chi connectivity index (χ0v) is 9.27. The minimum atomic E-state index is -0.591. The molecule has 0 saturated heterocycles. The van der Waals surface area contributed by atoms with E-state index in [1.807, 2.05) is 0 Å². The Kier molecular flexibility index (Phi) is 3.26. The molecule has 2 atom stereocenters. The average Bonchev–Trinajstić information content (AvgIpc) is 1.95. The zero-order valence-electron chi connectivity index (χ0n) is 5.60. The molecule has 0 aromatic heterocycles. The Morgan fingerprint density at radius 3 is 2.82 bits per heavy atom. The Balaban J connectivity index is 2.84. The van der Waals surface area contributed by atoms with Gasteiger partial charge in [-0.15, -0.1) is 23.2 Å². The van der Waals surface area contributed by atoms with Crippen molar-refractivity contribution in [3.63, 3.8) is 0 Å². The maximum Gasteiger partial charge on any atom is 0.134 e. The van der Waals surface area contributed by atoms with Crippen LogP contribution in [0.5, 0.6) is 0 Å². The van der Waals surface area contributed by atoms with Gasteiger partial charge in [-0.25, -0.2) is 0 Å². The molecular weight excluding hydrogens is 298 g/mol. The largest absolute Gasteiger partial charge is 0.392 e. The third kappa shape index (κ3) is 2.34. The molecule has 1 aliphatic rings. The molecule has 1 nitrogen and oxygen atoms in total. The Morgan fingerprint density at radius 2 is 2.36 bits per heavy atom. The first-order chi connectivity index (χ1) is 5.06. The lowest BCUT2D eigenvalue weighted by Gasteiger charge is -2.23. The van der Waals surface area contributed by atoms with Crippen molar-refractivity contribution in [3.8, 4) is 0 Å². The Hall–Kier alpha value is 0.750. The number of hydrogen-bond acceptors (Lipinski definition) is 1. The summed E-state index contributed by atoms with van der Waals surface area (Å²) in [5.74, 6) is 0. The fraction of sp³-hybridized carbons (Fsp3) is 0.429. The summed E-state index contributed by atoms with van der Waals surface area (Å²) >= 11 is 13.9. The summed E-state index contributed by atoms with van der Waals surface area (Å²) < 4.78 is -0.591. The molecule has 0 saturated carbocycles. The molecule has 0 amide bonds. The highest BCUT2D eigenvalue weighted by Gasteiger charge is 2.30. The van der Waals surface area contributed by atoms with Crippen LogP contribution in [0.1, 0.15) is 0 Å². The van der Waals surface area contributed by atoms with Gasteiger partial charge in [-0.05, 0) is 11.6 Å². The van der Waals surface area contributed by atoms with Crippen LogP contribution in [0.2, 0.25) is 0 Å². The first kappa shape index (κ1) is 9.84. The molecule has 4 heteroatoms. The van der Waals surface area contributed by atoms with Crippen molar-refractivity contribution in [2.24, 2.45) is 0 Å². The summed E-state index contributed by atoms with van der Waals surface area (Å²) in [6.45, 7) is 0.0115. The second-order valence-electron chi connectivity index (χ2n) is 2.31. The van der Waals surface area contributed by atoms with Gasteiger partial charge < -0.3 is 5.11 Å². The summed E-state index contributed by atoms with van der Waals surface area (Å²) in [5.41, 5.74) is 0.811. The van der Waals surface area contributed by atoms with Crippen LogP contribution in [0.4, 0.5) is 0 Å². The Morgan fingerprint density at radius 1 is 1.73 bits per heavy atom. The van der Waals surface area contributed by atoms with E-state index in [4.69, 9.17) is 28.3 Å². The van der Waals surface area contributed by atoms with Crippen LogP contribution in [0.3, 0.4) is 0 Å². The molecule has 0 fully saturated rings. The molecule has 1 unspecified atom stereocenters. The highest BCUT2D eigenvalue weighted by Crippen LogP contribution is 2.38. The number of halogens is 3. The normalized spacial score (nSPS) is 37.1. The van der Waals surface area contributed by atoms with Crippen LogP contribution in [-0.4, -0.2) is 20.0 Å². The number of rotatable bonds is 1. The predicted octanol–water partition coefficient (Wildman–Crippen LogP) is 2.45. The van der Waals surface area contributed by atoms with Crippen molar-refractivity contribution in [1.82, 2.24) is 0 Å². The fourth-order valence-corrected chi connectivity index (χ4v) is 1.77. The lowest BCUT2D eigenvalue weighted by atomic mass is 10.1. The first-order valence-electron chi connectivity index (χ1n) is 3.09. The topological polar surface area (TPSA) is 20.2 Å². The summed E-state index contributed by atoms with van der Waals surface area (Å²) in [5, 5.41) is 8.58. The van der Waals surface area contributed by atoms with E-state index in [-0.39, 0.29) is 12.0 Å². The molecule has 0 radical (unpaired) electrons. The van der Waals surface area contributed by atoms with E-state index in [1.165, 1.54) is 0 Å². The van der Waals surface area contributed by atoms with Gasteiger partial charge in [0.15, 0.2) is 0 Å². The van der Waals surface area contributed by atoms with Crippen LogP contribution < -0.4 is 0 Å². The molecule has 0 aromatic carbocycles. The van der Waals surface area contributed by atoms with E-state index in [1.54, 1.807) is 18.2 Å². The van der Waals surface area contributed by atoms with E-state index in [2.05, 4.69) is 22.6 Å². The van der Waals surface area contributed by atoms with Crippen LogP contribution in [-0.2, 0) is 0 Å². The number of hydrogen-bond donors (Lipinski definition) is 1. The van der Waals surface area contributed by atoms with Gasteiger partial charge in [-0.1, -0.05) is 34.7 Å². The highest BCUT2D eigenvalue weighted by atomic mass is 127. The van der Waals surface area contributed by atoms with Gasteiger partial charge in [0.25, 0.3) is 0 Å². The molecular formula is C7H7Cl2IO. The quantitative estimate of drug-likeness (QED) is 0.583.